The minimum Gasteiger partial charge on any atom is -0.225 e. The summed E-state index contributed by atoms with van der Waals surface area (Å²) < 4.78 is 74.4. The molecule has 10 heteroatoms. The Hall–Kier alpha value is -1.88. The molecule has 24 heavy (non-hydrogen) atoms. The highest BCUT2D eigenvalue weighted by molar-refractivity contribution is 7.89. The van der Waals surface area contributed by atoms with Crippen LogP contribution in [0.4, 0.5) is 8.78 Å². The van der Waals surface area contributed by atoms with E-state index in [-0.39, 0.29) is 22.8 Å². The monoisotopic (exact) mass is 376 g/mol. The standard InChI is InChI=1S/C14H14F2N2O4S2/c15-13-6-5-12(9-14(13)16)24(21,22)18-8-7-10-1-3-11(4-2-10)23(17,19)20/h1-6,9,18H,7-8H2,(H2,17,19,20). The molecule has 0 amide bonds. The molecule has 0 atom stereocenters. The van der Waals surface area contributed by atoms with Gasteiger partial charge in [-0.05, 0) is 42.3 Å². The Kier molecular flexibility index (Phi) is 5.33. The van der Waals surface area contributed by atoms with E-state index in [0.29, 0.717) is 11.6 Å². The van der Waals surface area contributed by atoms with Crippen molar-refractivity contribution in [3.8, 4) is 0 Å². The zero-order chi connectivity index (χ0) is 18.0. The maximum atomic E-state index is 13.1. The SMILES string of the molecule is NS(=O)(=O)c1ccc(CCNS(=O)(=O)c2ccc(F)c(F)c2)cc1. The van der Waals surface area contributed by atoms with Crippen LogP contribution in [0.1, 0.15) is 5.56 Å². The van der Waals surface area contributed by atoms with E-state index in [1.807, 2.05) is 0 Å². The number of primary sulfonamides is 1. The molecule has 0 aliphatic heterocycles. The summed E-state index contributed by atoms with van der Waals surface area (Å²) in [4.78, 5) is -0.431. The Labute approximate surface area is 138 Å². The fourth-order valence-corrected chi connectivity index (χ4v) is 3.46. The third-order valence-corrected chi connectivity index (χ3v) is 5.55. The molecular weight excluding hydrogens is 362 g/mol. The molecule has 3 N–H and O–H groups in total. The summed E-state index contributed by atoms with van der Waals surface area (Å²) in [6, 6.07) is 7.93. The van der Waals surface area contributed by atoms with Gasteiger partial charge in [0.1, 0.15) is 0 Å². The molecule has 0 bridgehead atoms. The second kappa shape index (κ2) is 6.93. The van der Waals surface area contributed by atoms with Crippen LogP contribution < -0.4 is 9.86 Å². The Morgan fingerprint density at radius 2 is 1.46 bits per heavy atom. The van der Waals surface area contributed by atoms with E-state index >= 15 is 0 Å². The second-order valence-corrected chi connectivity index (χ2v) is 8.24. The summed E-state index contributed by atoms with van der Waals surface area (Å²) in [7, 11) is -7.76. The van der Waals surface area contributed by atoms with Crippen LogP contribution >= 0.6 is 0 Å². The molecule has 0 saturated carbocycles. The molecule has 130 valence electrons. The van der Waals surface area contributed by atoms with Crippen molar-refractivity contribution in [1.82, 2.24) is 4.72 Å². The lowest BCUT2D eigenvalue weighted by Crippen LogP contribution is -2.26. The molecular formula is C14H14F2N2O4S2. The fraction of sp³-hybridized carbons (Fsp3) is 0.143. The molecule has 0 spiro atoms. The number of nitrogens with one attached hydrogen (secondary N) is 1. The predicted molar refractivity (Wildman–Crippen MR) is 83.1 cm³/mol. The first-order valence-electron chi connectivity index (χ1n) is 6.66. The maximum Gasteiger partial charge on any atom is 0.240 e. The molecule has 2 aromatic carbocycles. The van der Waals surface area contributed by atoms with E-state index in [1.54, 1.807) is 0 Å². The van der Waals surface area contributed by atoms with Crippen LogP contribution in [0, 0.1) is 11.6 Å². The smallest absolute Gasteiger partial charge is 0.225 e. The van der Waals surface area contributed by atoms with Crippen LogP contribution in [-0.2, 0) is 26.5 Å². The minimum atomic E-state index is -3.97. The van der Waals surface area contributed by atoms with E-state index in [2.05, 4.69) is 4.72 Å². The van der Waals surface area contributed by atoms with Crippen LogP contribution in [0.25, 0.3) is 0 Å². The van der Waals surface area contributed by atoms with Crippen molar-refractivity contribution in [1.29, 1.82) is 0 Å². The van der Waals surface area contributed by atoms with Crippen molar-refractivity contribution in [2.24, 2.45) is 5.14 Å². The lowest BCUT2D eigenvalue weighted by atomic mass is 10.2. The highest BCUT2D eigenvalue weighted by Gasteiger charge is 2.16. The van der Waals surface area contributed by atoms with Crippen molar-refractivity contribution >= 4 is 20.0 Å². The minimum absolute atomic E-state index is 0.00392. The highest BCUT2D eigenvalue weighted by atomic mass is 32.2. The lowest BCUT2D eigenvalue weighted by molar-refractivity contribution is 0.504. The summed E-state index contributed by atoms with van der Waals surface area (Å²) >= 11 is 0. The summed E-state index contributed by atoms with van der Waals surface area (Å²) in [5, 5.41) is 4.97. The summed E-state index contributed by atoms with van der Waals surface area (Å²) in [5.41, 5.74) is 0.676. The van der Waals surface area contributed by atoms with Gasteiger partial charge in [0.25, 0.3) is 0 Å². The first kappa shape index (κ1) is 18.5. The van der Waals surface area contributed by atoms with E-state index in [9.17, 15) is 25.6 Å². The predicted octanol–water partition coefficient (Wildman–Crippen LogP) is 1.13. The van der Waals surface area contributed by atoms with Crippen LogP contribution in [0.2, 0.25) is 0 Å². The van der Waals surface area contributed by atoms with Gasteiger partial charge in [-0.3, -0.25) is 0 Å². The van der Waals surface area contributed by atoms with Gasteiger partial charge in [0.2, 0.25) is 20.0 Å². The number of nitrogens with two attached hydrogens (primary N) is 1. The normalized spacial score (nSPS) is 12.3. The third-order valence-electron chi connectivity index (χ3n) is 3.16. The molecule has 0 heterocycles. The molecule has 0 unspecified atom stereocenters. The van der Waals surface area contributed by atoms with Gasteiger partial charge in [-0.15, -0.1) is 0 Å². The van der Waals surface area contributed by atoms with Crippen molar-refractivity contribution < 1.29 is 25.6 Å². The topological polar surface area (TPSA) is 106 Å². The molecule has 2 aromatic rings. The molecule has 0 saturated heterocycles. The highest BCUT2D eigenvalue weighted by Crippen LogP contribution is 2.14. The number of hydrogen-bond donors (Lipinski definition) is 2. The van der Waals surface area contributed by atoms with Gasteiger partial charge >= 0.3 is 0 Å². The quantitative estimate of drug-likeness (QED) is 0.788. The summed E-state index contributed by atoms with van der Waals surface area (Å²) in [6.45, 7) is -0.00392. The van der Waals surface area contributed by atoms with Crippen LogP contribution in [-0.4, -0.2) is 23.4 Å². The van der Waals surface area contributed by atoms with Gasteiger partial charge in [0.05, 0.1) is 9.79 Å². The molecule has 0 aliphatic rings. The van der Waals surface area contributed by atoms with Gasteiger partial charge < -0.3 is 0 Å². The number of benzene rings is 2. The molecule has 0 radical (unpaired) electrons. The van der Waals surface area contributed by atoms with Gasteiger partial charge in [-0.25, -0.2) is 35.5 Å². The van der Waals surface area contributed by atoms with E-state index in [1.165, 1.54) is 24.3 Å². The zero-order valence-electron chi connectivity index (χ0n) is 12.2. The van der Waals surface area contributed by atoms with Gasteiger partial charge in [0, 0.05) is 6.54 Å². The van der Waals surface area contributed by atoms with Crippen molar-refractivity contribution in [3.05, 3.63) is 59.7 Å². The Morgan fingerprint density at radius 3 is 2.00 bits per heavy atom. The Balaban J connectivity index is 2.01. The van der Waals surface area contributed by atoms with E-state index in [0.717, 1.165) is 12.1 Å². The first-order chi connectivity index (χ1) is 11.1. The lowest BCUT2D eigenvalue weighted by Gasteiger charge is -2.07. The number of rotatable bonds is 6. The number of hydrogen-bond acceptors (Lipinski definition) is 4. The average molecular weight is 376 g/mol. The van der Waals surface area contributed by atoms with E-state index in [4.69, 9.17) is 5.14 Å². The van der Waals surface area contributed by atoms with Crippen LogP contribution in [0.3, 0.4) is 0 Å². The van der Waals surface area contributed by atoms with Gasteiger partial charge in [0.15, 0.2) is 11.6 Å². The van der Waals surface area contributed by atoms with Crippen LogP contribution in [0.5, 0.6) is 0 Å². The van der Waals surface area contributed by atoms with Gasteiger partial charge in [-0.1, -0.05) is 12.1 Å². The molecule has 0 fully saturated rings. The van der Waals surface area contributed by atoms with Crippen molar-refractivity contribution in [2.45, 2.75) is 16.2 Å². The summed E-state index contributed by atoms with van der Waals surface area (Å²) in [5.74, 6) is -2.39. The maximum absolute atomic E-state index is 13.1. The largest absolute Gasteiger partial charge is 0.240 e. The molecule has 2 rings (SSSR count). The van der Waals surface area contributed by atoms with E-state index < -0.39 is 31.7 Å². The zero-order valence-corrected chi connectivity index (χ0v) is 13.9. The number of sulfonamides is 2. The Morgan fingerprint density at radius 1 is 0.875 bits per heavy atom. The van der Waals surface area contributed by atoms with Gasteiger partial charge in [-0.2, -0.15) is 0 Å². The molecule has 0 aromatic heterocycles. The second-order valence-electron chi connectivity index (χ2n) is 4.91. The number of halogens is 2. The fourth-order valence-electron chi connectivity index (χ4n) is 1.90. The van der Waals surface area contributed by atoms with Crippen LogP contribution in [0.15, 0.2) is 52.3 Å². The summed E-state index contributed by atoms with van der Waals surface area (Å²) in [6.07, 6.45) is 0.272. The first-order valence-corrected chi connectivity index (χ1v) is 9.69. The third kappa shape index (κ3) is 4.57. The molecule has 6 nitrogen and oxygen atoms in total. The molecule has 0 aliphatic carbocycles. The van der Waals surface area contributed by atoms with Crippen molar-refractivity contribution in [2.75, 3.05) is 6.54 Å². The Bertz CT molecular complexity index is 943. The van der Waals surface area contributed by atoms with Crippen molar-refractivity contribution in [3.63, 3.8) is 0 Å². The average Bonchev–Trinajstić information content (AvgIpc) is 2.49.